The molecule has 0 bridgehead atoms. The lowest BCUT2D eigenvalue weighted by atomic mass is 9.97. The lowest BCUT2D eigenvalue weighted by Crippen LogP contribution is -2.44. The van der Waals surface area contributed by atoms with Crippen LogP contribution in [0.25, 0.3) is 0 Å². The maximum absolute atomic E-state index is 11.8. The fraction of sp³-hybridized carbons (Fsp3) is 0.833. The summed E-state index contributed by atoms with van der Waals surface area (Å²) in [6.07, 6.45) is 1.07. The number of likely N-dealkylation sites (tertiary alicyclic amines) is 1. The summed E-state index contributed by atoms with van der Waals surface area (Å²) in [5, 5.41) is 8.85. The molecule has 0 aliphatic carbocycles. The number of amides is 1. The van der Waals surface area contributed by atoms with E-state index >= 15 is 0 Å². The summed E-state index contributed by atoms with van der Waals surface area (Å²) in [4.78, 5) is 29.3. The number of hydroxylamine groups is 1. The SMILES string of the molecule is CC(C)CONCC(=O)N1CCC(C(=O)O)CC1. The van der Waals surface area contributed by atoms with Crippen LogP contribution < -0.4 is 5.48 Å². The van der Waals surface area contributed by atoms with Crippen LogP contribution in [0.4, 0.5) is 0 Å². The van der Waals surface area contributed by atoms with Gasteiger partial charge in [0.15, 0.2) is 0 Å². The van der Waals surface area contributed by atoms with Crippen LogP contribution in [0.15, 0.2) is 0 Å². The van der Waals surface area contributed by atoms with E-state index in [2.05, 4.69) is 5.48 Å². The Hall–Kier alpha value is -1.14. The van der Waals surface area contributed by atoms with E-state index < -0.39 is 5.97 Å². The number of carboxylic acids is 1. The number of carbonyl (C=O) groups is 2. The molecular formula is C12H22N2O4. The third kappa shape index (κ3) is 5.01. The number of rotatable bonds is 6. The van der Waals surface area contributed by atoms with Crippen LogP contribution in [0.1, 0.15) is 26.7 Å². The number of carboxylic acid groups (broad SMARTS) is 1. The highest BCUT2D eigenvalue weighted by atomic mass is 16.6. The van der Waals surface area contributed by atoms with E-state index in [0.29, 0.717) is 38.5 Å². The highest BCUT2D eigenvalue weighted by Crippen LogP contribution is 2.16. The summed E-state index contributed by atoms with van der Waals surface area (Å²) in [7, 11) is 0. The van der Waals surface area contributed by atoms with Gasteiger partial charge >= 0.3 is 5.97 Å². The van der Waals surface area contributed by atoms with Gasteiger partial charge in [0.25, 0.3) is 0 Å². The van der Waals surface area contributed by atoms with Crippen LogP contribution in [0.5, 0.6) is 0 Å². The summed E-state index contributed by atoms with van der Waals surface area (Å²) in [6.45, 7) is 5.79. The first-order valence-electron chi connectivity index (χ1n) is 6.36. The molecule has 6 heteroatoms. The number of nitrogens with zero attached hydrogens (tertiary/aromatic N) is 1. The van der Waals surface area contributed by atoms with Gasteiger partial charge in [-0.3, -0.25) is 9.59 Å². The molecule has 104 valence electrons. The Bertz CT molecular complexity index is 286. The van der Waals surface area contributed by atoms with Crippen LogP contribution >= 0.6 is 0 Å². The minimum absolute atomic E-state index is 0.0393. The van der Waals surface area contributed by atoms with Crippen molar-refractivity contribution in [2.45, 2.75) is 26.7 Å². The van der Waals surface area contributed by atoms with Gasteiger partial charge in [-0.2, -0.15) is 5.48 Å². The minimum Gasteiger partial charge on any atom is -0.481 e. The normalized spacial score (nSPS) is 17.2. The molecule has 0 radical (unpaired) electrons. The van der Waals surface area contributed by atoms with Gasteiger partial charge in [-0.1, -0.05) is 13.8 Å². The molecule has 0 atom stereocenters. The van der Waals surface area contributed by atoms with E-state index in [1.54, 1.807) is 4.90 Å². The smallest absolute Gasteiger partial charge is 0.306 e. The molecule has 1 saturated heterocycles. The second kappa shape index (κ2) is 7.33. The van der Waals surface area contributed by atoms with Crippen molar-refractivity contribution in [1.29, 1.82) is 0 Å². The van der Waals surface area contributed by atoms with Gasteiger partial charge in [-0.25, -0.2) is 0 Å². The van der Waals surface area contributed by atoms with Gasteiger partial charge in [0.05, 0.1) is 12.5 Å². The second-order valence-electron chi connectivity index (χ2n) is 5.02. The molecule has 1 fully saturated rings. The third-order valence-electron chi connectivity index (χ3n) is 2.94. The summed E-state index contributed by atoms with van der Waals surface area (Å²) < 4.78 is 0. The lowest BCUT2D eigenvalue weighted by Gasteiger charge is -2.30. The Morgan fingerprint density at radius 3 is 2.50 bits per heavy atom. The molecule has 1 heterocycles. The number of carbonyl (C=O) groups excluding carboxylic acids is 1. The van der Waals surface area contributed by atoms with Crippen molar-refractivity contribution in [3.63, 3.8) is 0 Å². The van der Waals surface area contributed by atoms with Gasteiger partial charge < -0.3 is 14.8 Å². The number of hydrogen-bond acceptors (Lipinski definition) is 4. The first-order chi connectivity index (χ1) is 8.50. The van der Waals surface area contributed by atoms with Crippen molar-refractivity contribution in [1.82, 2.24) is 10.4 Å². The fourth-order valence-corrected chi connectivity index (χ4v) is 1.83. The molecule has 6 nitrogen and oxygen atoms in total. The molecular weight excluding hydrogens is 236 g/mol. The van der Waals surface area contributed by atoms with Crippen LogP contribution in [0, 0.1) is 11.8 Å². The summed E-state index contributed by atoms with van der Waals surface area (Å²) in [5.74, 6) is -0.693. The first kappa shape index (κ1) is 14.9. The van der Waals surface area contributed by atoms with Crippen molar-refractivity contribution < 1.29 is 19.5 Å². The predicted octanol–water partition coefficient (Wildman–Crippen LogP) is 0.487. The maximum Gasteiger partial charge on any atom is 0.306 e. The van der Waals surface area contributed by atoms with Crippen LogP contribution in [-0.4, -0.2) is 48.1 Å². The van der Waals surface area contributed by atoms with E-state index in [-0.39, 0.29) is 18.4 Å². The zero-order valence-electron chi connectivity index (χ0n) is 11.0. The predicted molar refractivity (Wildman–Crippen MR) is 65.7 cm³/mol. The molecule has 1 aliphatic heterocycles. The van der Waals surface area contributed by atoms with Gasteiger partial charge in [-0.05, 0) is 18.8 Å². The van der Waals surface area contributed by atoms with Gasteiger partial charge in [-0.15, -0.1) is 0 Å². The van der Waals surface area contributed by atoms with E-state index in [0.717, 1.165) is 0 Å². The molecule has 0 unspecified atom stereocenters. The molecule has 1 rings (SSSR count). The van der Waals surface area contributed by atoms with Crippen LogP contribution in [0.3, 0.4) is 0 Å². The summed E-state index contributed by atoms with van der Waals surface area (Å²) in [5.41, 5.74) is 2.64. The average molecular weight is 258 g/mol. The van der Waals surface area contributed by atoms with E-state index in [9.17, 15) is 9.59 Å². The quantitative estimate of drug-likeness (QED) is 0.535. The highest BCUT2D eigenvalue weighted by Gasteiger charge is 2.26. The van der Waals surface area contributed by atoms with E-state index in [4.69, 9.17) is 9.94 Å². The number of piperidine rings is 1. The fourth-order valence-electron chi connectivity index (χ4n) is 1.83. The number of hydrogen-bond donors (Lipinski definition) is 2. The van der Waals surface area contributed by atoms with E-state index in [1.807, 2.05) is 13.8 Å². The molecule has 2 N–H and O–H groups in total. The zero-order valence-corrected chi connectivity index (χ0v) is 11.0. The van der Waals surface area contributed by atoms with E-state index in [1.165, 1.54) is 0 Å². The van der Waals surface area contributed by atoms with Crippen molar-refractivity contribution in [3.05, 3.63) is 0 Å². The molecule has 0 saturated carbocycles. The Morgan fingerprint density at radius 1 is 1.39 bits per heavy atom. The monoisotopic (exact) mass is 258 g/mol. The summed E-state index contributed by atoms with van der Waals surface area (Å²) in [6, 6.07) is 0. The molecule has 0 aromatic carbocycles. The number of aliphatic carboxylic acids is 1. The number of nitrogens with one attached hydrogen (secondary N) is 1. The van der Waals surface area contributed by atoms with Crippen molar-refractivity contribution in [2.75, 3.05) is 26.2 Å². The Labute approximate surface area is 107 Å². The molecule has 1 aliphatic rings. The van der Waals surface area contributed by atoms with Gasteiger partial charge in [0, 0.05) is 13.1 Å². The highest BCUT2D eigenvalue weighted by molar-refractivity contribution is 5.78. The Balaban J connectivity index is 2.18. The van der Waals surface area contributed by atoms with Gasteiger partial charge in [0.2, 0.25) is 5.91 Å². The maximum atomic E-state index is 11.8. The molecule has 0 spiro atoms. The minimum atomic E-state index is -0.763. The molecule has 0 aromatic heterocycles. The molecule has 1 amide bonds. The molecule has 0 aromatic rings. The van der Waals surface area contributed by atoms with Crippen molar-refractivity contribution in [3.8, 4) is 0 Å². The Kier molecular flexibility index (Phi) is 6.07. The second-order valence-corrected chi connectivity index (χ2v) is 5.02. The average Bonchev–Trinajstić information content (AvgIpc) is 2.34. The molecule has 18 heavy (non-hydrogen) atoms. The Morgan fingerprint density at radius 2 is 2.00 bits per heavy atom. The van der Waals surface area contributed by atoms with Crippen LogP contribution in [0.2, 0.25) is 0 Å². The zero-order chi connectivity index (χ0) is 13.5. The summed E-state index contributed by atoms with van der Waals surface area (Å²) >= 11 is 0. The largest absolute Gasteiger partial charge is 0.481 e. The van der Waals surface area contributed by atoms with Crippen LogP contribution in [-0.2, 0) is 14.4 Å². The standard InChI is InChI=1S/C12H22N2O4/c1-9(2)8-18-13-7-11(15)14-5-3-10(4-6-14)12(16)17/h9-10,13H,3-8H2,1-2H3,(H,16,17). The third-order valence-corrected chi connectivity index (χ3v) is 2.94. The van der Waals surface area contributed by atoms with Crippen molar-refractivity contribution >= 4 is 11.9 Å². The first-order valence-corrected chi connectivity index (χ1v) is 6.36. The topological polar surface area (TPSA) is 78.9 Å². The van der Waals surface area contributed by atoms with Gasteiger partial charge in [0.1, 0.15) is 6.54 Å². The lowest BCUT2D eigenvalue weighted by molar-refractivity contribution is -0.146. The van der Waals surface area contributed by atoms with Crippen molar-refractivity contribution in [2.24, 2.45) is 11.8 Å².